The van der Waals surface area contributed by atoms with Crippen molar-refractivity contribution >= 4 is 12.0 Å². The maximum Gasteiger partial charge on any atom is 0.335 e. The van der Waals surface area contributed by atoms with Gasteiger partial charge in [-0.2, -0.15) is 0 Å². The second kappa shape index (κ2) is 10.9. The fourth-order valence-corrected chi connectivity index (χ4v) is 2.48. The van der Waals surface area contributed by atoms with Crippen LogP contribution in [0.2, 0.25) is 0 Å². The third kappa shape index (κ3) is 6.92. The van der Waals surface area contributed by atoms with Gasteiger partial charge >= 0.3 is 12.0 Å². The molecule has 28 heavy (non-hydrogen) atoms. The summed E-state index contributed by atoms with van der Waals surface area (Å²) in [4.78, 5) is 22.9. The first-order valence-corrected chi connectivity index (χ1v) is 9.13. The number of hydrogen-bond acceptors (Lipinski definition) is 4. The summed E-state index contributed by atoms with van der Waals surface area (Å²) in [7, 11) is 0. The van der Waals surface area contributed by atoms with E-state index in [2.05, 4.69) is 10.6 Å². The van der Waals surface area contributed by atoms with Crippen molar-refractivity contribution in [2.24, 2.45) is 0 Å². The molecule has 0 radical (unpaired) electrons. The van der Waals surface area contributed by atoms with E-state index in [1.54, 1.807) is 12.1 Å². The van der Waals surface area contributed by atoms with Crippen LogP contribution in [0.15, 0.2) is 42.5 Å². The number of rotatable bonds is 10. The average molecular weight is 386 g/mol. The largest absolute Gasteiger partial charge is 0.491 e. The van der Waals surface area contributed by atoms with Crippen molar-refractivity contribution in [2.45, 2.75) is 26.9 Å². The molecule has 0 atom stereocenters. The Bertz CT molecular complexity index is 790. The molecule has 0 aliphatic carbocycles. The Morgan fingerprint density at radius 2 is 1.71 bits per heavy atom. The second-order valence-electron chi connectivity index (χ2n) is 6.19. The van der Waals surface area contributed by atoms with Crippen molar-refractivity contribution < 1.29 is 24.2 Å². The summed E-state index contributed by atoms with van der Waals surface area (Å²) < 4.78 is 11.0. The molecule has 3 N–H and O–H groups in total. The SMILES string of the molecule is CCOCCOc1cc(C)ccc1CNC(=O)NCc1ccc(C(=O)O)cc1. The molecule has 0 fully saturated rings. The molecule has 0 bridgehead atoms. The first-order valence-electron chi connectivity index (χ1n) is 9.13. The van der Waals surface area contributed by atoms with Gasteiger partial charge in [-0.15, -0.1) is 0 Å². The second-order valence-corrected chi connectivity index (χ2v) is 6.19. The standard InChI is InChI=1S/C21H26N2O5/c1-3-27-10-11-28-19-12-15(2)4-7-18(19)14-23-21(26)22-13-16-5-8-17(9-6-16)20(24)25/h4-9,12H,3,10-11,13-14H2,1-2H3,(H,24,25)(H2,22,23,26). The van der Waals surface area contributed by atoms with E-state index in [9.17, 15) is 9.59 Å². The summed E-state index contributed by atoms with van der Waals surface area (Å²) in [5.74, 6) is -0.251. The highest BCUT2D eigenvalue weighted by atomic mass is 16.5. The first-order chi connectivity index (χ1) is 13.5. The number of carbonyl (C=O) groups excluding carboxylic acids is 1. The maximum absolute atomic E-state index is 12.1. The van der Waals surface area contributed by atoms with E-state index in [0.717, 1.165) is 22.4 Å². The molecule has 7 nitrogen and oxygen atoms in total. The van der Waals surface area contributed by atoms with Crippen molar-refractivity contribution in [2.75, 3.05) is 19.8 Å². The number of carboxylic acid groups (broad SMARTS) is 1. The molecule has 0 spiro atoms. The molecule has 2 amide bonds. The zero-order chi connectivity index (χ0) is 20.4. The molecule has 0 aliphatic rings. The van der Waals surface area contributed by atoms with Crippen molar-refractivity contribution in [3.63, 3.8) is 0 Å². The lowest BCUT2D eigenvalue weighted by Gasteiger charge is -2.14. The van der Waals surface area contributed by atoms with Crippen LogP contribution in [0, 0.1) is 6.92 Å². The van der Waals surface area contributed by atoms with Gasteiger partial charge < -0.3 is 25.2 Å². The number of hydrogen-bond donors (Lipinski definition) is 3. The van der Waals surface area contributed by atoms with Gasteiger partial charge in [0.05, 0.1) is 12.2 Å². The topological polar surface area (TPSA) is 96.9 Å². The minimum absolute atomic E-state index is 0.212. The lowest BCUT2D eigenvalue weighted by molar-refractivity contribution is 0.0697. The monoisotopic (exact) mass is 386 g/mol. The molecular formula is C21H26N2O5. The highest BCUT2D eigenvalue weighted by molar-refractivity contribution is 5.87. The summed E-state index contributed by atoms with van der Waals surface area (Å²) in [6.07, 6.45) is 0. The van der Waals surface area contributed by atoms with Crippen LogP contribution in [-0.4, -0.2) is 36.9 Å². The fourth-order valence-electron chi connectivity index (χ4n) is 2.48. The minimum Gasteiger partial charge on any atom is -0.491 e. The lowest BCUT2D eigenvalue weighted by Crippen LogP contribution is -2.34. The van der Waals surface area contributed by atoms with Gasteiger partial charge in [-0.1, -0.05) is 24.3 Å². The van der Waals surface area contributed by atoms with Gasteiger partial charge in [0.15, 0.2) is 0 Å². The van der Waals surface area contributed by atoms with Crippen molar-refractivity contribution in [1.29, 1.82) is 0 Å². The number of carboxylic acids is 1. The molecule has 7 heteroatoms. The van der Waals surface area contributed by atoms with Crippen LogP contribution in [0.5, 0.6) is 5.75 Å². The van der Waals surface area contributed by atoms with Crippen LogP contribution in [0.1, 0.15) is 34.0 Å². The van der Waals surface area contributed by atoms with Crippen LogP contribution >= 0.6 is 0 Å². The molecule has 2 aromatic rings. The molecule has 0 saturated carbocycles. The Kier molecular flexibility index (Phi) is 8.30. The van der Waals surface area contributed by atoms with Gasteiger partial charge in [0.1, 0.15) is 12.4 Å². The van der Waals surface area contributed by atoms with Crippen LogP contribution in [-0.2, 0) is 17.8 Å². The van der Waals surface area contributed by atoms with E-state index in [4.69, 9.17) is 14.6 Å². The first kappa shape index (κ1) is 21.2. The number of ether oxygens (including phenoxy) is 2. The number of amides is 2. The van der Waals surface area contributed by atoms with Crippen LogP contribution in [0.4, 0.5) is 4.79 Å². The Labute approximate surface area is 164 Å². The fraction of sp³-hybridized carbons (Fsp3) is 0.333. The van der Waals surface area contributed by atoms with E-state index in [1.165, 1.54) is 12.1 Å². The smallest absolute Gasteiger partial charge is 0.335 e. The number of urea groups is 1. The van der Waals surface area contributed by atoms with Gasteiger partial charge in [-0.25, -0.2) is 9.59 Å². The van der Waals surface area contributed by atoms with Gasteiger partial charge in [-0.05, 0) is 43.2 Å². The van der Waals surface area contributed by atoms with Gasteiger partial charge in [0.25, 0.3) is 0 Å². The Balaban J connectivity index is 1.83. The van der Waals surface area contributed by atoms with E-state index >= 15 is 0 Å². The average Bonchev–Trinajstić information content (AvgIpc) is 2.69. The summed E-state index contributed by atoms with van der Waals surface area (Å²) in [6, 6.07) is 11.9. The van der Waals surface area contributed by atoms with Gasteiger partial charge in [0.2, 0.25) is 0 Å². The Morgan fingerprint density at radius 3 is 2.39 bits per heavy atom. The van der Waals surface area contributed by atoms with E-state index in [1.807, 2.05) is 32.0 Å². The minimum atomic E-state index is -0.977. The third-order valence-electron chi connectivity index (χ3n) is 4.01. The molecule has 150 valence electrons. The summed E-state index contributed by atoms with van der Waals surface area (Å²) in [6.45, 7) is 6.15. The van der Waals surface area contributed by atoms with E-state index in [-0.39, 0.29) is 11.6 Å². The van der Waals surface area contributed by atoms with Gasteiger partial charge in [-0.3, -0.25) is 0 Å². The quantitative estimate of drug-likeness (QED) is 0.545. The molecule has 0 unspecified atom stereocenters. The normalized spacial score (nSPS) is 10.4. The molecule has 0 heterocycles. The predicted molar refractivity (Wildman–Crippen MR) is 106 cm³/mol. The number of benzene rings is 2. The number of aryl methyl sites for hydroxylation is 1. The van der Waals surface area contributed by atoms with Crippen LogP contribution in [0.25, 0.3) is 0 Å². The zero-order valence-electron chi connectivity index (χ0n) is 16.2. The van der Waals surface area contributed by atoms with E-state index in [0.29, 0.717) is 32.9 Å². The predicted octanol–water partition coefficient (Wildman–Crippen LogP) is 3.11. The maximum atomic E-state index is 12.1. The Morgan fingerprint density at radius 1 is 1.00 bits per heavy atom. The molecule has 0 aromatic heterocycles. The number of nitrogens with one attached hydrogen (secondary N) is 2. The highest BCUT2D eigenvalue weighted by Gasteiger charge is 2.07. The summed E-state index contributed by atoms with van der Waals surface area (Å²) in [5.41, 5.74) is 2.98. The Hall–Kier alpha value is -3.06. The van der Waals surface area contributed by atoms with Gasteiger partial charge in [0, 0.05) is 25.3 Å². The molecule has 0 aliphatic heterocycles. The molecular weight excluding hydrogens is 360 g/mol. The summed E-state index contributed by atoms with van der Waals surface area (Å²) >= 11 is 0. The zero-order valence-corrected chi connectivity index (χ0v) is 16.2. The molecule has 0 saturated heterocycles. The van der Waals surface area contributed by atoms with Crippen molar-refractivity contribution in [1.82, 2.24) is 10.6 Å². The summed E-state index contributed by atoms with van der Waals surface area (Å²) in [5, 5.41) is 14.5. The number of carbonyl (C=O) groups is 2. The molecule has 2 aromatic carbocycles. The van der Waals surface area contributed by atoms with Crippen LogP contribution < -0.4 is 15.4 Å². The van der Waals surface area contributed by atoms with Crippen molar-refractivity contribution in [3.8, 4) is 5.75 Å². The molecule has 2 rings (SSSR count). The van der Waals surface area contributed by atoms with Crippen LogP contribution in [0.3, 0.4) is 0 Å². The van der Waals surface area contributed by atoms with E-state index < -0.39 is 5.97 Å². The third-order valence-corrected chi connectivity index (χ3v) is 4.01. The number of aromatic carboxylic acids is 1. The van der Waals surface area contributed by atoms with Crippen molar-refractivity contribution in [3.05, 3.63) is 64.7 Å². The lowest BCUT2D eigenvalue weighted by atomic mass is 10.1. The highest BCUT2D eigenvalue weighted by Crippen LogP contribution is 2.20.